The molecule has 0 fully saturated rings. The molecular weight excluding hydrogens is 239 g/mol. The van der Waals surface area contributed by atoms with Crippen LogP contribution in [-0.2, 0) is 6.54 Å². The number of rotatable bonds is 8. The lowest BCUT2D eigenvalue weighted by Gasteiger charge is -2.25. The van der Waals surface area contributed by atoms with Crippen molar-refractivity contribution in [3.8, 4) is 0 Å². The van der Waals surface area contributed by atoms with Crippen LogP contribution in [-0.4, -0.2) is 30.6 Å². The second kappa shape index (κ2) is 8.28. The fourth-order valence-electron chi connectivity index (χ4n) is 2.09. The molecule has 0 saturated heterocycles. The van der Waals surface area contributed by atoms with Gasteiger partial charge in [0.15, 0.2) is 0 Å². The maximum Gasteiger partial charge on any atom is 0.123 e. The Morgan fingerprint density at radius 3 is 2.63 bits per heavy atom. The minimum absolute atomic E-state index is 0.153. The summed E-state index contributed by atoms with van der Waals surface area (Å²) in [5.74, 6) is -0.153. The predicted molar refractivity (Wildman–Crippen MR) is 79.7 cm³/mol. The lowest BCUT2D eigenvalue weighted by Crippen LogP contribution is -2.30. The van der Waals surface area contributed by atoms with Crippen LogP contribution in [0, 0.1) is 5.82 Å². The first-order valence-corrected chi connectivity index (χ1v) is 7.17. The molecule has 0 aromatic heterocycles. The zero-order chi connectivity index (χ0) is 14.3. The van der Waals surface area contributed by atoms with Gasteiger partial charge in [0.25, 0.3) is 0 Å². The third kappa shape index (κ3) is 6.69. The molecule has 2 nitrogen and oxygen atoms in total. The van der Waals surface area contributed by atoms with Crippen LogP contribution in [0.3, 0.4) is 0 Å². The van der Waals surface area contributed by atoms with Crippen molar-refractivity contribution in [2.75, 3.05) is 13.6 Å². The zero-order valence-corrected chi connectivity index (χ0v) is 12.6. The first-order valence-electron chi connectivity index (χ1n) is 7.17. The summed E-state index contributed by atoms with van der Waals surface area (Å²) < 4.78 is 13.1. The van der Waals surface area contributed by atoms with Crippen LogP contribution in [0.5, 0.6) is 0 Å². The molecule has 0 heterocycles. The van der Waals surface area contributed by atoms with E-state index in [0.29, 0.717) is 12.1 Å². The molecule has 1 aromatic rings. The van der Waals surface area contributed by atoms with Gasteiger partial charge in [-0.3, -0.25) is 4.90 Å². The van der Waals surface area contributed by atoms with Crippen LogP contribution in [0.4, 0.5) is 4.39 Å². The van der Waals surface area contributed by atoms with E-state index in [2.05, 4.69) is 38.0 Å². The van der Waals surface area contributed by atoms with Crippen molar-refractivity contribution < 1.29 is 4.39 Å². The molecular formula is C16H27FN2. The minimum atomic E-state index is -0.153. The second-order valence-electron chi connectivity index (χ2n) is 5.65. The molecule has 108 valence electrons. The highest BCUT2D eigenvalue weighted by Gasteiger charge is 2.09. The zero-order valence-electron chi connectivity index (χ0n) is 12.6. The number of benzene rings is 1. The molecule has 0 amide bonds. The van der Waals surface area contributed by atoms with E-state index in [9.17, 15) is 4.39 Å². The maximum absolute atomic E-state index is 13.1. The molecule has 0 radical (unpaired) electrons. The van der Waals surface area contributed by atoms with E-state index >= 15 is 0 Å². The van der Waals surface area contributed by atoms with Gasteiger partial charge in [-0.05, 0) is 51.1 Å². The normalized spacial score (nSPS) is 13.2. The van der Waals surface area contributed by atoms with E-state index < -0.39 is 0 Å². The van der Waals surface area contributed by atoms with Gasteiger partial charge in [0.2, 0.25) is 0 Å². The third-order valence-electron chi connectivity index (χ3n) is 3.42. The number of hydrogen-bond acceptors (Lipinski definition) is 2. The van der Waals surface area contributed by atoms with Crippen molar-refractivity contribution in [2.24, 2.45) is 0 Å². The standard InChI is InChI=1S/C16H27FN2/c1-13(2)18-10-6-7-14(3)19(4)12-15-8-5-9-16(17)11-15/h5,8-9,11,13-14,18H,6-7,10,12H2,1-4H3. The molecule has 0 spiro atoms. The number of hydrogen-bond donors (Lipinski definition) is 1. The molecule has 0 saturated carbocycles. The van der Waals surface area contributed by atoms with Crippen molar-refractivity contribution in [3.63, 3.8) is 0 Å². The number of nitrogens with zero attached hydrogens (tertiary/aromatic N) is 1. The smallest absolute Gasteiger partial charge is 0.123 e. The molecule has 1 N–H and O–H groups in total. The first kappa shape index (κ1) is 16.1. The Kier molecular flexibility index (Phi) is 7.03. The highest BCUT2D eigenvalue weighted by Crippen LogP contribution is 2.11. The Bertz CT molecular complexity index is 366. The van der Waals surface area contributed by atoms with Gasteiger partial charge in [-0.25, -0.2) is 4.39 Å². The SMILES string of the molecule is CC(C)NCCCC(C)N(C)Cc1cccc(F)c1. The van der Waals surface area contributed by atoms with Crippen LogP contribution in [0.25, 0.3) is 0 Å². The Morgan fingerprint density at radius 2 is 2.00 bits per heavy atom. The average molecular weight is 266 g/mol. The Labute approximate surface area is 117 Å². The van der Waals surface area contributed by atoms with Crippen molar-refractivity contribution in [2.45, 2.75) is 52.2 Å². The highest BCUT2D eigenvalue weighted by molar-refractivity contribution is 5.16. The Hall–Kier alpha value is -0.930. The Balaban J connectivity index is 2.30. The van der Waals surface area contributed by atoms with Crippen LogP contribution in [0.1, 0.15) is 39.2 Å². The minimum Gasteiger partial charge on any atom is -0.315 e. The van der Waals surface area contributed by atoms with Gasteiger partial charge < -0.3 is 5.32 Å². The van der Waals surface area contributed by atoms with Crippen molar-refractivity contribution in [1.82, 2.24) is 10.2 Å². The molecule has 0 aliphatic carbocycles. The van der Waals surface area contributed by atoms with E-state index in [4.69, 9.17) is 0 Å². The molecule has 3 heteroatoms. The van der Waals surface area contributed by atoms with E-state index in [1.807, 2.05) is 6.07 Å². The monoisotopic (exact) mass is 266 g/mol. The summed E-state index contributed by atoms with van der Waals surface area (Å²) in [6.07, 6.45) is 2.33. The lowest BCUT2D eigenvalue weighted by atomic mass is 10.1. The van der Waals surface area contributed by atoms with Crippen LogP contribution in [0.15, 0.2) is 24.3 Å². The first-order chi connectivity index (χ1) is 8.99. The topological polar surface area (TPSA) is 15.3 Å². The van der Waals surface area contributed by atoms with Gasteiger partial charge in [0.1, 0.15) is 5.82 Å². The van der Waals surface area contributed by atoms with E-state index in [-0.39, 0.29) is 5.82 Å². The summed E-state index contributed by atoms with van der Waals surface area (Å²) in [6, 6.07) is 7.92. The predicted octanol–water partition coefficient (Wildman–Crippen LogP) is 3.42. The molecule has 0 aliphatic heterocycles. The van der Waals surface area contributed by atoms with Gasteiger partial charge >= 0.3 is 0 Å². The average Bonchev–Trinajstić information content (AvgIpc) is 2.34. The maximum atomic E-state index is 13.1. The van der Waals surface area contributed by atoms with Crippen molar-refractivity contribution in [3.05, 3.63) is 35.6 Å². The van der Waals surface area contributed by atoms with Crippen molar-refractivity contribution >= 4 is 0 Å². The third-order valence-corrected chi connectivity index (χ3v) is 3.42. The molecule has 1 rings (SSSR count). The summed E-state index contributed by atoms with van der Waals surface area (Å²) in [4.78, 5) is 2.28. The number of nitrogens with one attached hydrogen (secondary N) is 1. The summed E-state index contributed by atoms with van der Waals surface area (Å²) in [5.41, 5.74) is 1.04. The van der Waals surface area contributed by atoms with Gasteiger partial charge in [-0.1, -0.05) is 26.0 Å². The quantitative estimate of drug-likeness (QED) is 0.725. The van der Waals surface area contributed by atoms with Crippen molar-refractivity contribution in [1.29, 1.82) is 0 Å². The van der Waals surface area contributed by atoms with Gasteiger partial charge in [0, 0.05) is 18.6 Å². The van der Waals surface area contributed by atoms with E-state index in [0.717, 1.165) is 25.1 Å². The molecule has 19 heavy (non-hydrogen) atoms. The second-order valence-corrected chi connectivity index (χ2v) is 5.65. The molecule has 1 aromatic carbocycles. The van der Waals surface area contributed by atoms with Crippen LogP contribution >= 0.6 is 0 Å². The van der Waals surface area contributed by atoms with E-state index in [1.54, 1.807) is 12.1 Å². The fraction of sp³-hybridized carbons (Fsp3) is 0.625. The Morgan fingerprint density at radius 1 is 1.26 bits per heavy atom. The highest BCUT2D eigenvalue weighted by atomic mass is 19.1. The molecule has 0 bridgehead atoms. The molecule has 1 unspecified atom stereocenters. The van der Waals surface area contributed by atoms with Crippen LogP contribution < -0.4 is 5.32 Å². The summed E-state index contributed by atoms with van der Waals surface area (Å²) in [5, 5.41) is 3.43. The van der Waals surface area contributed by atoms with E-state index in [1.165, 1.54) is 12.5 Å². The lowest BCUT2D eigenvalue weighted by molar-refractivity contribution is 0.233. The molecule has 0 aliphatic rings. The molecule has 1 atom stereocenters. The van der Waals surface area contributed by atoms with Gasteiger partial charge in [0.05, 0.1) is 0 Å². The summed E-state index contributed by atoms with van der Waals surface area (Å²) in [6.45, 7) is 8.43. The van der Waals surface area contributed by atoms with Crippen LogP contribution in [0.2, 0.25) is 0 Å². The number of halogens is 1. The van der Waals surface area contributed by atoms with Gasteiger partial charge in [-0.15, -0.1) is 0 Å². The summed E-state index contributed by atoms with van der Waals surface area (Å²) in [7, 11) is 2.10. The fourth-order valence-corrected chi connectivity index (χ4v) is 2.09. The van der Waals surface area contributed by atoms with Gasteiger partial charge in [-0.2, -0.15) is 0 Å². The largest absolute Gasteiger partial charge is 0.315 e. The summed E-state index contributed by atoms with van der Waals surface area (Å²) >= 11 is 0.